The Hall–Kier alpha value is -0.0500. The Kier molecular flexibility index (Phi) is 16.3. The van der Waals surface area contributed by atoms with Gasteiger partial charge in [-0.2, -0.15) is 0 Å². The van der Waals surface area contributed by atoms with Gasteiger partial charge in [-0.25, -0.2) is 0 Å². The monoisotopic (exact) mass is 362 g/mol. The SMILES string of the molecule is CCCCCCCCCCCOC(=O)CCCC(C)CBr. The molecule has 0 spiro atoms. The Morgan fingerprint density at radius 3 is 2.10 bits per heavy atom. The largest absolute Gasteiger partial charge is 0.466 e. The Balaban J connectivity index is 3.18. The number of ether oxygens (including phenoxy) is 1. The molecule has 0 rings (SSSR count). The number of halogens is 1. The molecule has 0 amide bonds. The first-order valence-corrected chi connectivity index (χ1v) is 10.0. The van der Waals surface area contributed by atoms with Gasteiger partial charge in [-0.1, -0.05) is 81.1 Å². The molecule has 0 aromatic carbocycles. The molecule has 0 fully saturated rings. The summed E-state index contributed by atoms with van der Waals surface area (Å²) in [5.41, 5.74) is 0. The molecule has 0 aliphatic carbocycles. The maximum Gasteiger partial charge on any atom is 0.305 e. The molecule has 0 radical (unpaired) electrons. The van der Waals surface area contributed by atoms with Gasteiger partial charge >= 0.3 is 5.97 Å². The molecule has 0 aliphatic heterocycles. The maximum absolute atomic E-state index is 11.5. The molecular weight excluding hydrogens is 328 g/mol. The topological polar surface area (TPSA) is 26.3 Å². The maximum atomic E-state index is 11.5. The normalized spacial score (nSPS) is 12.3. The van der Waals surface area contributed by atoms with Crippen LogP contribution in [0.4, 0.5) is 0 Å². The van der Waals surface area contributed by atoms with E-state index in [1.54, 1.807) is 0 Å². The fourth-order valence-electron chi connectivity index (χ4n) is 2.34. The summed E-state index contributed by atoms with van der Waals surface area (Å²) in [4.78, 5) is 11.5. The molecule has 21 heavy (non-hydrogen) atoms. The zero-order valence-electron chi connectivity index (χ0n) is 14.2. The lowest BCUT2D eigenvalue weighted by molar-refractivity contribution is -0.143. The van der Waals surface area contributed by atoms with Crippen LogP contribution in [0, 0.1) is 5.92 Å². The predicted octanol–water partition coefficient (Wildman–Crippen LogP) is 6.26. The van der Waals surface area contributed by atoms with Crippen molar-refractivity contribution in [1.82, 2.24) is 0 Å². The van der Waals surface area contributed by atoms with E-state index in [2.05, 4.69) is 29.8 Å². The molecule has 0 N–H and O–H groups in total. The predicted molar refractivity (Wildman–Crippen MR) is 95.0 cm³/mol. The molecule has 0 bridgehead atoms. The number of esters is 1. The van der Waals surface area contributed by atoms with Gasteiger partial charge in [0.1, 0.15) is 0 Å². The number of hydrogen-bond acceptors (Lipinski definition) is 2. The number of unbranched alkanes of at least 4 members (excludes halogenated alkanes) is 8. The molecule has 2 nitrogen and oxygen atoms in total. The van der Waals surface area contributed by atoms with Gasteiger partial charge in [-0.15, -0.1) is 0 Å². The van der Waals surface area contributed by atoms with Crippen molar-refractivity contribution < 1.29 is 9.53 Å². The molecule has 0 saturated carbocycles. The van der Waals surface area contributed by atoms with Crippen molar-refractivity contribution in [1.29, 1.82) is 0 Å². The van der Waals surface area contributed by atoms with Crippen molar-refractivity contribution in [3.05, 3.63) is 0 Å². The molecular formula is C18H35BrO2. The van der Waals surface area contributed by atoms with Gasteiger partial charge in [-0.05, 0) is 25.2 Å². The first-order valence-electron chi connectivity index (χ1n) is 8.92. The van der Waals surface area contributed by atoms with E-state index in [4.69, 9.17) is 4.74 Å². The van der Waals surface area contributed by atoms with Gasteiger partial charge in [0.25, 0.3) is 0 Å². The third-order valence-electron chi connectivity index (χ3n) is 3.85. The van der Waals surface area contributed by atoms with Gasteiger partial charge in [0.15, 0.2) is 0 Å². The van der Waals surface area contributed by atoms with E-state index in [-0.39, 0.29) is 5.97 Å². The third kappa shape index (κ3) is 16.2. The van der Waals surface area contributed by atoms with E-state index in [0.29, 0.717) is 18.9 Å². The fourth-order valence-corrected chi connectivity index (χ4v) is 2.67. The summed E-state index contributed by atoms with van der Waals surface area (Å²) in [6, 6.07) is 0. The molecule has 1 atom stereocenters. The van der Waals surface area contributed by atoms with Gasteiger partial charge in [0.2, 0.25) is 0 Å². The number of alkyl halides is 1. The fraction of sp³-hybridized carbons (Fsp3) is 0.944. The number of carbonyl (C=O) groups is 1. The van der Waals surface area contributed by atoms with Crippen LogP contribution in [-0.4, -0.2) is 17.9 Å². The number of hydrogen-bond donors (Lipinski definition) is 0. The third-order valence-corrected chi connectivity index (χ3v) is 4.96. The van der Waals surface area contributed by atoms with Crippen LogP contribution < -0.4 is 0 Å². The molecule has 0 aromatic rings. The first-order chi connectivity index (χ1) is 10.2. The summed E-state index contributed by atoms with van der Waals surface area (Å²) in [7, 11) is 0. The minimum Gasteiger partial charge on any atom is -0.466 e. The number of rotatable bonds is 15. The molecule has 126 valence electrons. The van der Waals surface area contributed by atoms with Crippen LogP contribution in [0.3, 0.4) is 0 Å². The highest BCUT2D eigenvalue weighted by Gasteiger charge is 2.05. The van der Waals surface area contributed by atoms with E-state index in [1.165, 1.54) is 51.4 Å². The minimum absolute atomic E-state index is 0.0173. The Bertz CT molecular complexity index is 231. The zero-order chi connectivity index (χ0) is 15.8. The van der Waals surface area contributed by atoms with Crippen LogP contribution in [0.2, 0.25) is 0 Å². The first kappa shape index (κ1) is 20.9. The van der Waals surface area contributed by atoms with E-state index in [0.717, 1.165) is 24.6 Å². The quantitative estimate of drug-likeness (QED) is 0.195. The average Bonchev–Trinajstić information content (AvgIpc) is 2.49. The van der Waals surface area contributed by atoms with Gasteiger partial charge in [0, 0.05) is 11.8 Å². The highest BCUT2D eigenvalue weighted by molar-refractivity contribution is 9.09. The lowest BCUT2D eigenvalue weighted by Gasteiger charge is -2.07. The molecule has 0 saturated heterocycles. The van der Waals surface area contributed by atoms with Crippen LogP contribution in [0.25, 0.3) is 0 Å². The lowest BCUT2D eigenvalue weighted by Crippen LogP contribution is -2.06. The second-order valence-electron chi connectivity index (χ2n) is 6.20. The Labute approximate surface area is 140 Å². The van der Waals surface area contributed by atoms with Crippen LogP contribution in [0.5, 0.6) is 0 Å². The van der Waals surface area contributed by atoms with Crippen LogP contribution in [-0.2, 0) is 9.53 Å². The van der Waals surface area contributed by atoms with E-state index >= 15 is 0 Å². The Morgan fingerprint density at radius 2 is 1.52 bits per heavy atom. The summed E-state index contributed by atoms with van der Waals surface area (Å²) in [5.74, 6) is 0.631. The molecule has 3 heteroatoms. The van der Waals surface area contributed by atoms with Crippen molar-refractivity contribution in [2.75, 3.05) is 11.9 Å². The lowest BCUT2D eigenvalue weighted by atomic mass is 10.1. The van der Waals surface area contributed by atoms with Gasteiger partial charge in [0.05, 0.1) is 6.61 Å². The van der Waals surface area contributed by atoms with Crippen molar-refractivity contribution >= 4 is 21.9 Å². The van der Waals surface area contributed by atoms with Crippen LogP contribution in [0.1, 0.15) is 90.9 Å². The van der Waals surface area contributed by atoms with Crippen LogP contribution in [0.15, 0.2) is 0 Å². The highest BCUT2D eigenvalue weighted by atomic mass is 79.9. The molecule has 0 heterocycles. The van der Waals surface area contributed by atoms with Crippen molar-refractivity contribution in [3.63, 3.8) is 0 Å². The summed E-state index contributed by atoms with van der Waals surface area (Å²) in [5, 5.41) is 1.01. The molecule has 1 unspecified atom stereocenters. The average molecular weight is 363 g/mol. The highest BCUT2D eigenvalue weighted by Crippen LogP contribution is 2.11. The van der Waals surface area contributed by atoms with E-state index < -0.39 is 0 Å². The minimum atomic E-state index is -0.0173. The van der Waals surface area contributed by atoms with Gasteiger partial charge in [-0.3, -0.25) is 4.79 Å². The smallest absolute Gasteiger partial charge is 0.305 e. The van der Waals surface area contributed by atoms with Crippen molar-refractivity contribution in [2.24, 2.45) is 5.92 Å². The standard InChI is InChI=1S/C18H35BrO2/c1-3-4-5-6-7-8-9-10-11-15-21-18(20)14-12-13-17(2)16-19/h17H,3-16H2,1-2H3. The second kappa shape index (κ2) is 16.3. The summed E-state index contributed by atoms with van der Waals surface area (Å²) >= 11 is 3.46. The summed E-state index contributed by atoms with van der Waals surface area (Å²) < 4.78 is 5.27. The van der Waals surface area contributed by atoms with Gasteiger partial charge < -0.3 is 4.74 Å². The van der Waals surface area contributed by atoms with E-state index in [9.17, 15) is 4.79 Å². The Morgan fingerprint density at radius 1 is 0.952 bits per heavy atom. The molecule has 0 aromatic heterocycles. The van der Waals surface area contributed by atoms with Crippen LogP contribution >= 0.6 is 15.9 Å². The van der Waals surface area contributed by atoms with Crippen molar-refractivity contribution in [3.8, 4) is 0 Å². The zero-order valence-corrected chi connectivity index (χ0v) is 15.8. The summed E-state index contributed by atoms with van der Waals surface area (Å²) in [6.07, 6.45) is 14.3. The second-order valence-corrected chi connectivity index (χ2v) is 6.85. The summed E-state index contributed by atoms with van der Waals surface area (Å²) in [6.45, 7) is 5.06. The number of carbonyl (C=O) groups excluding carboxylic acids is 1. The van der Waals surface area contributed by atoms with E-state index in [1.807, 2.05) is 0 Å². The molecule has 0 aliphatic rings. The van der Waals surface area contributed by atoms with Crippen molar-refractivity contribution in [2.45, 2.75) is 90.9 Å².